The van der Waals surface area contributed by atoms with Crippen molar-refractivity contribution < 1.29 is 9.15 Å². The van der Waals surface area contributed by atoms with Gasteiger partial charge in [0.15, 0.2) is 0 Å². The fourth-order valence-corrected chi connectivity index (χ4v) is 4.72. The monoisotopic (exact) mass is 421 g/mol. The summed E-state index contributed by atoms with van der Waals surface area (Å²) in [5, 5.41) is 9.76. The van der Waals surface area contributed by atoms with Crippen molar-refractivity contribution in [3.63, 3.8) is 0 Å². The van der Waals surface area contributed by atoms with Crippen molar-refractivity contribution in [2.75, 3.05) is 13.7 Å². The number of hydrogen-bond acceptors (Lipinski definition) is 8. The van der Waals surface area contributed by atoms with E-state index in [4.69, 9.17) is 14.1 Å². The molecule has 30 heavy (non-hydrogen) atoms. The SMILES string of the molecule is COc1ccc2nc(CN3CCCCC3c3nnc(-c4scnc4C)o3)ccc2c1. The molecule has 1 unspecified atom stereocenters. The standard InChI is InChI=1S/C22H23N5O2S/c1-14-20(30-13-23-14)22-26-25-21(29-22)19-5-3-4-10-27(19)12-16-7-6-15-11-17(28-2)8-9-18(15)24-16/h6-9,11,13,19H,3-5,10,12H2,1-2H3. The van der Waals surface area contributed by atoms with E-state index in [-0.39, 0.29) is 6.04 Å². The maximum absolute atomic E-state index is 6.08. The van der Waals surface area contributed by atoms with E-state index in [1.165, 1.54) is 11.3 Å². The number of ether oxygens (including phenoxy) is 1. The maximum atomic E-state index is 6.08. The molecule has 154 valence electrons. The van der Waals surface area contributed by atoms with E-state index in [0.717, 1.165) is 65.3 Å². The van der Waals surface area contributed by atoms with Gasteiger partial charge in [-0.25, -0.2) is 4.98 Å². The second kappa shape index (κ2) is 8.12. The Hall–Kier alpha value is -2.84. The second-order valence-electron chi connectivity index (χ2n) is 7.56. The number of rotatable bonds is 5. The molecule has 0 amide bonds. The number of hydrogen-bond donors (Lipinski definition) is 0. The lowest BCUT2D eigenvalue weighted by Gasteiger charge is -2.33. The summed E-state index contributed by atoms with van der Waals surface area (Å²) >= 11 is 1.53. The van der Waals surface area contributed by atoms with Crippen LogP contribution in [0.15, 0.2) is 40.3 Å². The van der Waals surface area contributed by atoms with Crippen LogP contribution < -0.4 is 4.74 Å². The van der Waals surface area contributed by atoms with E-state index in [2.05, 4.69) is 32.2 Å². The van der Waals surface area contributed by atoms with Crippen LogP contribution in [-0.4, -0.2) is 38.7 Å². The van der Waals surface area contributed by atoms with Crippen LogP contribution in [0.4, 0.5) is 0 Å². The van der Waals surface area contributed by atoms with Crippen molar-refractivity contribution in [2.24, 2.45) is 0 Å². The van der Waals surface area contributed by atoms with Gasteiger partial charge in [-0.2, -0.15) is 0 Å². The summed E-state index contributed by atoms with van der Waals surface area (Å²) in [7, 11) is 1.68. The summed E-state index contributed by atoms with van der Waals surface area (Å²) in [6, 6.07) is 10.3. The molecule has 1 fully saturated rings. The number of piperidine rings is 1. The van der Waals surface area contributed by atoms with Crippen LogP contribution in [0.25, 0.3) is 21.7 Å². The predicted molar refractivity (Wildman–Crippen MR) is 115 cm³/mol. The number of fused-ring (bicyclic) bond motifs is 1. The van der Waals surface area contributed by atoms with Crippen LogP contribution >= 0.6 is 11.3 Å². The zero-order valence-electron chi connectivity index (χ0n) is 17.0. The summed E-state index contributed by atoms with van der Waals surface area (Å²) in [5.41, 5.74) is 4.75. The average Bonchev–Trinajstić information content (AvgIpc) is 3.42. The first-order valence-corrected chi connectivity index (χ1v) is 11.0. The Morgan fingerprint density at radius 3 is 2.97 bits per heavy atom. The normalized spacial score (nSPS) is 17.5. The fraction of sp³-hybridized carbons (Fsp3) is 0.364. The number of pyridine rings is 1. The van der Waals surface area contributed by atoms with Gasteiger partial charge in [-0.3, -0.25) is 9.88 Å². The zero-order chi connectivity index (χ0) is 20.5. The third kappa shape index (κ3) is 3.68. The van der Waals surface area contributed by atoms with Gasteiger partial charge in [-0.05, 0) is 50.6 Å². The lowest BCUT2D eigenvalue weighted by atomic mass is 10.0. The minimum atomic E-state index is 0.113. The van der Waals surface area contributed by atoms with E-state index in [1.807, 2.05) is 30.6 Å². The van der Waals surface area contributed by atoms with Gasteiger partial charge < -0.3 is 9.15 Å². The van der Waals surface area contributed by atoms with Gasteiger partial charge in [0.2, 0.25) is 5.89 Å². The molecule has 4 aromatic rings. The van der Waals surface area contributed by atoms with E-state index >= 15 is 0 Å². The van der Waals surface area contributed by atoms with Gasteiger partial charge in [0.05, 0.1) is 35.6 Å². The molecule has 0 aliphatic carbocycles. The number of methoxy groups -OCH3 is 1. The first-order valence-electron chi connectivity index (χ1n) is 10.1. The molecule has 0 bridgehead atoms. The second-order valence-corrected chi connectivity index (χ2v) is 8.41. The quantitative estimate of drug-likeness (QED) is 0.459. The Balaban J connectivity index is 1.39. The summed E-state index contributed by atoms with van der Waals surface area (Å²) in [6.45, 7) is 3.71. The molecule has 0 saturated carbocycles. The topological polar surface area (TPSA) is 77.2 Å². The highest BCUT2D eigenvalue weighted by Crippen LogP contribution is 2.34. The van der Waals surface area contributed by atoms with Crippen molar-refractivity contribution in [3.8, 4) is 16.5 Å². The first kappa shape index (κ1) is 19.1. The third-order valence-corrected chi connectivity index (χ3v) is 6.51. The third-order valence-electron chi connectivity index (χ3n) is 5.60. The highest BCUT2D eigenvalue weighted by molar-refractivity contribution is 7.13. The van der Waals surface area contributed by atoms with Gasteiger partial charge in [-0.1, -0.05) is 12.5 Å². The van der Waals surface area contributed by atoms with Crippen LogP contribution in [0.2, 0.25) is 0 Å². The largest absolute Gasteiger partial charge is 0.497 e. The molecule has 0 radical (unpaired) electrons. The molecule has 1 aliphatic heterocycles. The van der Waals surface area contributed by atoms with Crippen molar-refractivity contribution in [3.05, 3.63) is 53.1 Å². The molecule has 8 heteroatoms. The average molecular weight is 422 g/mol. The van der Waals surface area contributed by atoms with Crippen molar-refractivity contribution in [1.29, 1.82) is 0 Å². The maximum Gasteiger partial charge on any atom is 0.259 e. The number of aromatic nitrogens is 4. The van der Waals surface area contributed by atoms with Gasteiger partial charge in [0.1, 0.15) is 10.6 Å². The molecular formula is C22H23N5O2S. The van der Waals surface area contributed by atoms with Crippen LogP contribution in [-0.2, 0) is 6.54 Å². The molecule has 5 rings (SSSR count). The molecule has 0 N–H and O–H groups in total. The number of nitrogens with zero attached hydrogens (tertiary/aromatic N) is 5. The summed E-state index contributed by atoms with van der Waals surface area (Å²) < 4.78 is 11.4. The predicted octanol–water partition coefficient (Wildman–Crippen LogP) is 4.79. The first-order chi connectivity index (χ1) is 14.7. The van der Waals surface area contributed by atoms with Gasteiger partial charge in [0, 0.05) is 11.9 Å². The molecule has 1 atom stereocenters. The van der Waals surface area contributed by atoms with Crippen molar-refractivity contribution >= 4 is 22.2 Å². The zero-order valence-corrected chi connectivity index (χ0v) is 17.9. The Labute approximate surface area is 178 Å². The van der Waals surface area contributed by atoms with E-state index in [0.29, 0.717) is 11.8 Å². The van der Waals surface area contributed by atoms with E-state index in [1.54, 1.807) is 7.11 Å². The van der Waals surface area contributed by atoms with Crippen LogP contribution in [0.5, 0.6) is 5.75 Å². The van der Waals surface area contributed by atoms with Gasteiger partial charge in [0.25, 0.3) is 5.89 Å². The number of thiazole rings is 1. The van der Waals surface area contributed by atoms with Gasteiger partial charge >= 0.3 is 0 Å². The summed E-state index contributed by atoms with van der Waals surface area (Å²) in [5.74, 6) is 2.09. The van der Waals surface area contributed by atoms with Gasteiger partial charge in [-0.15, -0.1) is 21.5 Å². The van der Waals surface area contributed by atoms with E-state index < -0.39 is 0 Å². The minimum Gasteiger partial charge on any atom is -0.497 e. The molecule has 7 nitrogen and oxygen atoms in total. The highest BCUT2D eigenvalue weighted by Gasteiger charge is 2.29. The molecular weight excluding hydrogens is 398 g/mol. The highest BCUT2D eigenvalue weighted by atomic mass is 32.1. The Kier molecular flexibility index (Phi) is 5.18. The fourth-order valence-electron chi connectivity index (χ4n) is 4.00. The molecule has 0 spiro atoms. The Bertz CT molecular complexity index is 1170. The molecule has 4 heterocycles. The van der Waals surface area contributed by atoms with Crippen LogP contribution in [0, 0.1) is 6.92 Å². The Morgan fingerprint density at radius 1 is 1.20 bits per heavy atom. The smallest absolute Gasteiger partial charge is 0.259 e. The Morgan fingerprint density at radius 2 is 2.13 bits per heavy atom. The lowest BCUT2D eigenvalue weighted by molar-refractivity contribution is 0.117. The number of aryl methyl sites for hydroxylation is 1. The van der Waals surface area contributed by atoms with Crippen molar-refractivity contribution in [2.45, 2.75) is 38.8 Å². The van der Waals surface area contributed by atoms with Crippen LogP contribution in [0.3, 0.4) is 0 Å². The van der Waals surface area contributed by atoms with E-state index in [9.17, 15) is 0 Å². The van der Waals surface area contributed by atoms with Crippen molar-refractivity contribution in [1.82, 2.24) is 25.1 Å². The number of benzene rings is 1. The number of likely N-dealkylation sites (tertiary alicyclic amines) is 1. The van der Waals surface area contributed by atoms with Crippen LogP contribution in [0.1, 0.15) is 42.6 Å². The summed E-state index contributed by atoms with van der Waals surface area (Å²) in [6.07, 6.45) is 3.33. The molecule has 1 aromatic carbocycles. The summed E-state index contributed by atoms with van der Waals surface area (Å²) in [4.78, 5) is 12.5. The molecule has 1 saturated heterocycles. The molecule has 3 aromatic heterocycles. The molecule has 1 aliphatic rings. The lowest BCUT2D eigenvalue weighted by Crippen LogP contribution is -2.33. The minimum absolute atomic E-state index is 0.113.